The van der Waals surface area contributed by atoms with Crippen LogP contribution in [0.4, 0.5) is 0 Å². The second kappa shape index (κ2) is 17.5. The lowest BCUT2D eigenvalue weighted by atomic mass is 9.94. The molecule has 0 bridgehead atoms. The van der Waals surface area contributed by atoms with Crippen LogP contribution in [0.1, 0.15) is 103 Å². The van der Waals surface area contributed by atoms with E-state index in [1.54, 1.807) is 0 Å². The van der Waals surface area contributed by atoms with Gasteiger partial charge in [0.1, 0.15) is 0 Å². The first-order valence-electron chi connectivity index (χ1n) is 9.56. The predicted molar refractivity (Wildman–Crippen MR) is 98.8 cm³/mol. The quantitative estimate of drug-likeness (QED) is 0.189. The van der Waals surface area contributed by atoms with Gasteiger partial charge in [0.25, 0.3) is 0 Å². The molecule has 0 aromatic rings. The summed E-state index contributed by atoms with van der Waals surface area (Å²) in [5.41, 5.74) is 0. The maximum Gasteiger partial charge on any atom is -0.0322 e. The minimum absolute atomic E-state index is 0.795. The molecule has 0 heteroatoms. The molecule has 0 N–H and O–H groups in total. The Balaban J connectivity index is 3.20. The highest BCUT2D eigenvalue weighted by molar-refractivity contribution is 4.79. The van der Waals surface area contributed by atoms with E-state index < -0.39 is 0 Å². The summed E-state index contributed by atoms with van der Waals surface area (Å²) >= 11 is 0. The standard InChI is InChI=1S/C21H40/c1-4-7-8-9-10-11-12-13-14-15-16-17-20-21(18-5-2)19-6-3/h5-6,21H,2-4,7-20H2,1H3. The molecule has 0 fully saturated rings. The van der Waals surface area contributed by atoms with Gasteiger partial charge < -0.3 is 0 Å². The van der Waals surface area contributed by atoms with E-state index in [0.717, 1.165) is 18.8 Å². The summed E-state index contributed by atoms with van der Waals surface area (Å²) in [4.78, 5) is 0. The van der Waals surface area contributed by atoms with Gasteiger partial charge in [-0.05, 0) is 25.2 Å². The Hall–Kier alpha value is -0.520. The molecule has 0 saturated carbocycles. The van der Waals surface area contributed by atoms with Crippen molar-refractivity contribution in [3.63, 3.8) is 0 Å². The maximum absolute atomic E-state index is 3.86. The van der Waals surface area contributed by atoms with Crippen molar-refractivity contribution in [2.45, 2.75) is 103 Å². The van der Waals surface area contributed by atoms with Gasteiger partial charge in [0.15, 0.2) is 0 Å². The van der Waals surface area contributed by atoms with E-state index >= 15 is 0 Å². The van der Waals surface area contributed by atoms with E-state index in [1.807, 2.05) is 0 Å². The van der Waals surface area contributed by atoms with Crippen LogP contribution in [0.15, 0.2) is 25.3 Å². The predicted octanol–water partition coefficient (Wildman–Crippen LogP) is 7.85. The lowest BCUT2D eigenvalue weighted by molar-refractivity contribution is 0.456. The number of rotatable bonds is 17. The van der Waals surface area contributed by atoms with Crippen molar-refractivity contribution in [1.29, 1.82) is 0 Å². The molecule has 0 saturated heterocycles. The fourth-order valence-corrected chi connectivity index (χ4v) is 3.08. The number of hydrogen-bond acceptors (Lipinski definition) is 0. The second-order valence-corrected chi connectivity index (χ2v) is 6.59. The van der Waals surface area contributed by atoms with Crippen molar-refractivity contribution in [1.82, 2.24) is 0 Å². The molecule has 0 nitrogen and oxygen atoms in total. The van der Waals surface area contributed by atoms with Gasteiger partial charge in [-0.25, -0.2) is 0 Å². The zero-order chi connectivity index (χ0) is 15.6. The Morgan fingerprint density at radius 2 is 1.00 bits per heavy atom. The highest BCUT2D eigenvalue weighted by Gasteiger charge is 2.04. The first-order valence-corrected chi connectivity index (χ1v) is 9.56. The third-order valence-corrected chi connectivity index (χ3v) is 4.47. The minimum Gasteiger partial charge on any atom is -0.103 e. The number of allylic oxidation sites excluding steroid dienone is 2. The molecule has 0 radical (unpaired) electrons. The highest BCUT2D eigenvalue weighted by atomic mass is 14.1. The lowest BCUT2D eigenvalue weighted by Crippen LogP contribution is -1.97. The van der Waals surface area contributed by atoms with E-state index in [4.69, 9.17) is 0 Å². The van der Waals surface area contributed by atoms with Crippen LogP contribution in [0.3, 0.4) is 0 Å². The van der Waals surface area contributed by atoms with E-state index in [0.29, 0.717) is 0 Å². The van der Waals surface area contributed by atoms with Crippen molar-refractivity contribution < 1.29 is 0 Å². The molecule has 0 heterocycles. The van der Waals surface area contributed by atoms with Gasteiger partial charge in [-0.2, -0.15) is 0 Å². The maximum atomic E-state index is 3.86. The molecule has 0 aliphatic heterocycles. The molecule has 0 spiro atoms. The van der Waals surface area contributed by atoms with Crippen molar-refractivity contribution in [2.24, 2.45) is 5.92 Å². The SMILES string of the molecule is C=CCC(CC=C)CCCCCCCCCCCCCC. The summed E-state index contributed by atoms with van der Waals surface area (Å²) in [5.74, 6) is 0.795. The molecule has 21 heavy (non-hydrogen) atoms. The molecule has 0 unspecified atom stereocenters. The molecule has 124 valence electrons. The third kappa shape index (κ3) is 15.7. The Bertz CT molecular complexity index is 206. The Kier molecular flexibility index (Phi) is 17.1. The third-order valence-electron chi connectivity index (χ3n) is 4.47. The summed E-state index contributed by atoms with van der Waals surface area (Å²) in [5, 5.41) is 0. The van der Waals surface area contributed by atoms with Crippen LogP contribution in [0, 0.1) is 5.92 Å². The first-order chi connectivity index (χ1) is 10.3. The van der Waals surface area contributed by atoms with E-state index in [9.17, 15) is 0 Å². The Morgan fingerprint density at radius 3 is 1.38 bits per heavy atom. The Labute approximate surface area is 135 Å². The molecular weight excluding hydrogens is 252 g/mol. The average Bonchev–Trinajstić information content (AvgIpc) is 2.48. The largest absolute Gasteiger partial charge is 0.103 e. The van der Waals surface area contributed by atoms with Crippen LogP contribution in [0.25, 0.3) is 0 Å². The van der Waals surface area contributed by atoms with Crippen molar-refractivity contribution in [3.05, 3.63) is 25.3 Å². The monoisotopic (exact) mass is 292 g/mol. The molecule has 0 aromatic carbocycles. The molecule has 0 aromatic heterocycles. The van der Waals surface area contributed by atoms with Crippen LogP contribution in [0.2, 0.25) is 0 Å². The summed E-state index contributed by atoms with van der Waals surface area (Å²) in [6.45, 7) is 10.0. The van der Waals surface area contributed by atoms with Gasteiger partial charge in [0, 0.05) is 0 Å². The fraction of sp³-hybridized carbons (Fsp3) is 0.810. The van der Waals surface area contributed by atoms with E-state index in [1.165, 1.54) is 83.5 Å². The zero-order valence-corrected chi connectivity index (χ0v) is 14.8. The highest BCUT2D eigenvalue weighted by Crippen LogP contribution is 2.19. The molecular formula is C21H40. The smallest absolute Gasteiger partial charge is 0.0322 e. The summed E-state index contributed by atoms with van der Waals surface area (Å²) in [6.07, 6.45) is 25.0. The van der Waals surface area contributed by atoms with Crippen LogP contribution >= 0.6 is 0 Å². The van der Waals surface area contributed by atoms with Crippen molar-refractivity contribution >= 4 is 0 Å². The molecule has 0 amide bonds. The van der Waals surface area contributed by atoms with E-state index in [2.05, 4.69) is 32.2 Å². The summed E-state index contributed by atoms with van der Waals surface area (Å²) in [6, 6.07) is 0. The first kappa shape index (κ1) is 20.5. The van der Waals surface area contributed by atoms with E-state index in [-0.39, 0.29) is 0 Å². The molecule has 0 atom stereocenters. The topological polar surface area (TPSA) is 0 Å². The van der Waals surface area contributed by atoms with Crippen LogP contribution in [-0.2, 0) is 0 Å². The van der Waals surface area contributed by atoms with Crippen molar-refractivity contribution in [3.8, 4) is 0 Å². The minimum atomic E-state index is 0.795. The van der Waals surface area contributed by atoms with Crippen LogP contribution in [-0.4, -0.2) is 0 Å². The number of unbranched alkanes of at least 4 members (excludes halogenated alkanes) is 11. The zero-order valence-electron chi connectivity index (χ0n) is 14.8. The molecule has 0 aliphatic carbocycles. The average molecular weight is 293 g/mol. The second-order valence-electron chi connectivity index (χ2n) is 6.59. The van der Waals surface area contributed by atoms with Gasteiger partial charge in [-0.15, -0.1) is 13.2 Å². The van der Waals surface area contributed by atoms with Gasteiger partial charge in [0.2, 0.25) is 0 Å². The summed E-state index contributed by atoms with van der Waals surface area (Å²) in [7, 11) is 0. The fourth-order valence-electron chi connectivity index (χ4n) is 3.08. The summed E-state index contributed by atoms with van der Waals surface area (Å²) < 4.78 is 0. The van der Waals surface area contributed by atoms with Gasteiger partial charge in [0.05, 0.1) is 0 Å². The normalized spacial score (nSPS) is 11.0. The molecule has 0 aliphatic rings. The van der Waals surface area contributed by atoms with Gasteiger partial charge in [-0.1, -0.05) is 96.1 Å². The van der Waals surface area contributed by atoms with Crippen LogP contribution in [0.5, 0.6) is 0 Å². The van der Waals surface area contributed by atoms with Gasteiger partial charge in [-0.3, -0.25) is 0 Å². The lowest BCUT2D eigenvalue weighted by Gasteiger charge is -2.12. The molecule has 0 rings (SSSR count). The van der Waals surface area contributed by atoms with Crippen LogP contribution < -0.4 is 0 Å². The van der Waals surface area contributed by atoms with Crippen molar-refractivity contribution in [2.75, 3.05) is 0 Å². The Morgan fingerprint density at radius 1 is 0.619 bits per heavy atom. The number of hydrogen-bond donors (Lipinski definition) is 0. The van der Waals surface area contributed by atoms with Gasteiger partial charge >= 0.3 is 0 Å².